The number of carbonyl (C=O) groups excluding carboxylic acids is 2. The number of methoxy groups -OCH3 is 3. The molecule has 1 N–H and O–H groups in total. The van der Waals surface area contributed by atoms with Crippen molar-refractivity contribution in [3.8, 4) is 17.2 Å². The highest BCUT2D eigenvalue weighted by molar-refractivity contribution is 8.00. The fourth-order valence-corrected chi connectivity index (χ4v) is 4.89. The van der Waals surface area contributed by atoms with E-state index in [9.17, 15) is 9.59 Å². The Balaban J connectivity index is 1.68. The second kappa shape index (κ2) is 9.87. The monoisotopic (exact) mass is 464 g/mol. The van der Waals surface area contributed by atoms with Crippen LogP contribution in [-0.4, -0.2) is 38.9 Å². The summed E-state index contributed by atoms with van der Waals surface area (Å²) in [5.74, 6) is 1.79. The Hall–Kier alpha value is -3.65. The molecule has 1 atom stereocenters. The van der Waals surface area contributed by atoms with Crippen molar-refractivity contribution in [2.75, 3.05) is 37.3 Å². The highest BCUT2D eigenvalue weighted by Crippen LogP contribution is 2.47. The van der Waals surface area contributed by atoms with E-state index in [0.717, 1.165) is 5.56 Å². The number of hydrogen-bond acceptors (Lipinski definition) is 6. The zero-order valence-corrected chi connectivity index (χ0v) is 19.3. The molecule has 170 valence electrons. The third-order valence-corrected chi connectivity index (χ3v) is 6.52. The van der Waals surface area contributed by atoms with Crippen LogP contribution in [0.1, 0.15) is 21.3 Å². The van der Waals surface area contributed by atoms with Gasteiger partial charge >= 0.3 is 0 Å². The molecule has 7 nitrogen and oxygen atoms in total. The van der Waals surface area contributed by atoms with Crippen molar-refractivity contribution < 1.29 is 23.8 Å². The zero-order chi connectivity index (χ0) is 23.4. The van der Waals surface area contributed by atoms with E-state index in [-0.39, 0.29) is 17.2 Å². The summed E-state index contributed by atoms with van der Waals surface area (Å²) in [6, 6.07) is 19.8. The van der Waals surface area contributed by atoms with Crippen molar-refractivity contribution in [1.29, 1.82) is 0 Å². The van der Waals surface area contributed by atoms with Gasteiger partial charge in [-0.3, -0.25) is 14.5 Å². The van der Waals surface area contributed by atoms with Crippen molar-refractivity contribution in [1.82, 2.24) is 0 Å². The summed E-state index contributed by atoms with van der Waals surface area (Å²) in [6.07, 6.45) is 0. The largest absolute Gasteiger partial charge is 0.497 e. The molecular formula is C25H24N2O5S. The van der Waals surface area contributed by atoms with E-state index in [1.54, 1.807) is 62.6 Å². The van der Waals surface area contributed by atoms with Crippen LogP contribution in [0, 0.1) is 0 Å². The van der Waals surface area contributed by atoms with E-state index in [1.165, 1.54) is 11.8 Å². The average Bonchev–Trinajstić information content (AvgIpc) is 3.24. The summed E-state index contributed by atoms with van der Waals surface area (Å²) in [7, 11) is 4.70. The number of carbonyl (C=O) groups is 2. The van der Waals surface area contributed by atoms with E-state index in [0.29, 0.717) is 39.9 Å². The molecule has 0 aromatic heterocycles. The number of amides is 2. The lowest BCUT2D eigenvalue weighted by molar-refractivity contribution is -0.115. The quantitative estimate of drug-likeness (QED) is 0.544. The normalized spacial score (nSPS) is 15.3. The SMILES string of the molecule is COc1cccc(C(=O)Nc2ccccc2[C@@H]2SCC(=O)N2c2ccc(OC)cc2OC)c1. The van der Waals surface area contributed by atoms with Gasteiger partial charge in [0.05, 0.1) is 32.8 Å². The first-order valence-corrected chi connectivity index (χ1v) is 11.3. The second-order valence-electron chi connectivity index (χ2n) is 7.24. The number of para-hydroxylation sites is 1. The van der Waals surface area contributed by atoms with Crippen LogP contribution in [0.25, 0.3) is 0 Å². The molecule has 0 spiro atoms. The standard InChI is InChI=1S/C25H24N2O5S/c1-30-17-8-6-7-16(13-17)24(29)26-20-10-5-4-9-19(20)25-27(23(28)15-33-25)21-12-11-18(31-2)14-22(21)32-3/h4-14,25H,15H2,1-3H3,(H,26,29)/t25-/m0/s1. The third kappa shape index (κ3) is 4.61. The van der Waals surface area contributed by atoms with Gasteiger partial charge < -0.3 is 19.5 Å². The Bertz CT molecular complexity index is 1180. The summed E-state index contributed by atoms with van der Waals surface area (Å²) in [5, 5.41) is 2.66. The summed E-state index contributed by atoms with van der Waals surface area (Å²) in [4.78, 5) is 27.6. The number of benzene rings is 3. The highest BCUT2D eigenvalue weighted by atomic mass is 32.2. The van der Waals surface area contributed by atoms with E-state index in [4.69, 9.17) is 14.2 Å². The molecule has 8 heteroatoms. The summed E-state index contributed by atoms with van der Waals surface area (Å²) in [6.45, 7) is 0. The van der Waals surface area contributed by atoms with Gasteiger partial charge in [-0.25, -0.2) is 0 Å². The first kappa shape index (κ1) is 22.5. The van der Waals surface area contributed by atoms with Gasteiger partial charge in [0.15, 0.2) is 0 Å². The van der Waals surface area contributed by atoms with E-state index < -0.39 is 0 Å². The number of hydrogen-bond donors (Lipinski definition) is 1. The minimum absolute atomic E-state index is 0.0395. The van der Waals surface area contributed by atoms with E-state index in [1.807, 2.05) is 30.3 Å². The van der Waals surface area contributed by atoms with Crippen LogP contribution in [-0.2, 0) is 4.79 Å². The molecule has 1 heterocycles. The van der Waals surface area contributed by atoms with Crippen molar-refractivity contribution in [2.45, 2.75) is 5.37 Å². The maximum absolute atomic E-state index is 12.9. The van der Waals surface area contributed by atoms with Gasteiger partial charge in [0.2, 0.25) is 5.91 Å². The average molecular weight is 465 g/mol. The van der Waals surface area contributed by atoms with E-state index in [2.05, 4.69) is 5.32 Å². The minimum atomic E-state index is -0.332. The van der Waals surface area contributed by atoms with Crippen LogP contribution in [0.5, 0.6) is 17.2 Å². The predicted molar refractivity (Wildman–Crippen MR) is 130 cm³/mol. The van der Waals surface area contributed by atoms with Crippen LogP contribution in [0.2, 0.25) is 0 Å². The smallest absolute Gasteiger partial charge is 0.255 e. The van der Waals surface area contributed by atoms with Crippen LogP contribution >= 0.6 is 11.8 Å². The first-order chi connectivity index (χ1) is 16.0. The van der Waals surface area contributed by atoms with Gasteiger partial charge in [-0.1, -0.05) is 24.3 Å². The van der Waals surface area contributed by atoms with E-state index >= 15 is 0 Å². The van der Waals surface area contributed by atoms with Crippen molar-refractivity contribution in [3.05, 3.63) is 77.9 Å². The lowest BCUT2D eigenvalue weighted by atomic mass is 10.1. The lowest BCUT2D eigenvalue weighted by Gasteiger charge is -2.27. The molecule has 3 aromatic carbocycles. The zero-order valence-electron chi connectivity index (χ0n) is 18.5. The molecule has 33 heavy (non-hydrogen) atoms. The Morgan fingerprint density at radius 3 is 2.45 bits per heavy atom. The van der Waals surface area contributed by atoms with Crippen LogP contribution in [0.4, 0.5) is 11.4 Å². The van der Waals surface area contributed by atoms with Gasteiger partial charge in [-0.05, 0) is 36.4 Å². The molecule has 0 unspecified atom stereocenters. The van der Waals surface area contributed by atoms with Crippen LogP contribution in [0.15, 0.2) is 66.7 Å². The molecule has 1 saturated heterocycles. The minimum Gasteiger partial charge on any atom is -0.497 e. The summed E-state index contributed by atoms with van der Waals surface area (Å²) in [5.41, 5.74) is 2.58. The predicted octanol–water partition coefficient (Wildman–Crippen LogP) is 4.74. The Morgan fingerprint density at radius 1 is 0.939 bits per heavy atom. The highest BCUT2D eigenvalue weighted by Gasteiger charge is 2.37. The lowest BCUT2D eigenvalue weighted by Crippen LogP contribution is -2.29. The number of anilines is 2. The van der Waals surface area contributed by atoms with Gasteiger partial charge in [0.25, 0.3) is 5.91 Å². The molecule has 1 aliphatic heterocycles. The molecule has 2 amide bonds. The maximum Gasteiger partial charge on any atom is 0.255 e. The maximum atomic E-state index is 12.9. The van der Waals surface area contributed by atoms with Gasteiger partial charge in [0.1, 0.15) is 22.6 Å². The first-order valence-electron chi connectivity index (χ1n) is 10.3. The second-order valence-corrected chi connectivity index (χ2v) is 8.31. The molecule has 0 bridgehead atoms. The van der Waals surface area contributed by atoms with Gasteiger partial charge in [-0.2, -0.15) is 0 Å². The number of nitrogens with zero attached hydrogens (tertiary/aromatic N) is 1. The molecule has 4 rings (SSSR count). The van der Waals surface area contributed by atoms with Crippen molar-refractivity contribution >= 4 is 35.0 Å². The molecule has 0 aliphatic carbocycles. The fourth-order valence-electron chi connectivity index (χ4n) is 3.68. The molecule has 1 fully saturated rings. The summed E-state index contributed by atoms with van der Waals surface area (Å²) < 4.78 is 16.1. The topological polar surface area (TPSA) is 77.1 Å². The number of nitrogens with one attached hydrogen (secondary N) is 1. The molecular weight excluding hydrogens is 440 g/mol. The summed E-state index contributed by atoms with van der Waals surface area (Å²) >= 11 is 1.50. The Morgan fingerprint density at radius 2 is 1.70 bits per heavy atom. The molecule has 1 aliphatic rings. The Labute approximate surface area is 196 Å². The van der Waals surface area contributed by atoms with Gasteiger partial charge in [0, 0.05) is 22.9 Å². The molecule has 0 radical (unpaired) electrons. The molecule has 0 saturated carbocycles. The number of rotatable bonds is 7. The fraction of sp³-hybridized carbons (Fsp3) is 0.200. The van der Waals surface area contributed by atoms with Crippen LogP contribution < -0.4 is 24.4 Å². The molecule has 3 aromatic rings. The van der Waals surface area contributed by atoms with Crippen molar-refractivity contribution in [3.63, 3.8) is 0 Å². The third-order valence-electron chi connectivity index (χ3n) is 5.32. The van der Waals surface area contributed by atoms with Gasteiger partial charge in [-0.15, -0.1) is 11.8 Å². The van der Waals surface area contributed by atoms with Crippen molar-refractivity contribution in [2.24, 2.45) is 0 Å². The Kier molecular flexibility index (Phi) is 6.74. The van der Waals surface area contributed by atoms with Crippen LogP contribution in [0.3, 0.4) is 0 Å². The number of ether oxygens (including phenoxy) is 3. The number of thioether (sulfide) groups is 1.